The van der Waals surface area contributed by atoms with Crippen LogP contribution in [-0.4, -0.2) is 48.2 Å². The van der Waals surface area contributed by atoms with Gasteiger partial charge < -0.3 is 15.4 Å². The van der Waals surface area contributed by atoms with Crippen molar-refractivity contribution in [3.05, 3.63) is 59.1 Å². The minimum atomic E-state index is -3.50. The molecule has 7 nitrogen and oxygen atoms in total. The number of nitrogens with zero attached hydrogens (tertiary/aromatic N) is 1. The molecule has 0 atom stereocenters. The van der Waals surface area contributed by atoms with Crippen molar-refractivity contribution in [3.8, 4) is 5.75 Å². The first-order valence-corrected chi connectivity index (χ1v) is 10.6. The van der Waals surface area contributed by atoms with Gasteiger partial charge in [-0.1, -0.05) is 35.9 Å². The van der Waals surface area contributed by atoms with Gasteiger partial charge in [-0.25, -0.2) is 13.1 Å². The van der Waals surface area contributed by atoms with Crippen LogP contribution >= 0.6 is 35.6 Å². The summed E-state index contributed by atoms with van der Waals surface area (Å²) in [7, 11) is -0.247. The molecule has 2 aromatic rings. The number of guanidine groups is 1. The number of aliphatic imine (C=N–C) groups is 1. The second-order valence-electron chi connectivity index (χ2n) is 5.84. The van der Waals surface area contributed by atoms with E-state index in [1.54, 1.807) is 50.6 Å². The maximum atomic E-state index is 12.1. The van der Waals surface area contributed by atoms with Crippen LogP contribution in [0.15, 0.2) is 58.4 Å². The first-order valence-electron chi connectivity index (χ1n) is 8.78. The van der Waals surface area contributed by atoms with Crippen molar-refractivity contribution in [2.24, 2.45) is 4.99 Å². The van der Waals surface area contributed by atoms with E-state index >= 15 is 0 Å². The van der Waals surface area contributed by atoms with Gasteiger partial charge in [0.25, 0.3) is 0 Å². The molecule has 2 aromatic carbocycles. The van der Waals surface area contributed by atoms with E-state index in [4.69, 9.17) is 16.3 Å². The highest BCUT2D eigenvalue weighted by atomic mass is 127. The molecule has 0 heterocycles. The van der Waals surface area contributed by atoms with E-state index in [0.29, 0.717) is 30.5 Å². The summed E-state index contributed by atoms with van der Waals surface area (Å²) >= 11 is 6.23. The fourth-order valence-corrected chi connectivity index (χ4v) is 3.76. The van der Waals surface area contributed by atoms with Crippen molar-refractivity contribution in [2.45, 2.75) is 11.3 Å². The minimum Gasteiger partial charge on any atom is -0.497 e. The SMILES string of the molecule is CN=C(NCCNS(=O)(=O)c1ccccc1)NCCc1ccc(OC)cc1Cl.I. The van der Waals surface area contributed by atoms with Crippen LogP contribution < -0.4 is 20.1 Å². The molecule has 0 aliphatic rings. The van der Waals surface area contributed by atoms with Gasteiger partial charge in [-0.2, -0.15) is 0 Å². The van der Waals surface area contributed by atoms with Gasteiger partial charge in [0.1, 0.15) is 5.75 Å². The van der Waals surface area contributed by atoms with Crippen molar-refractivity contribution in [1.82, 2.24) is 15.4 Å². The Hall–Kier alpha value is -1.56. The highest BCUT2D eigenvalue weighted by molar-refractivity contribution is 14.0. The molecule has 0 spiro atoms. The van der Waals surface area contributed by atoms with Crippen LogP contribution in [0.1, 0.15) is 5.56 Å². The third kappa shape index (κ3) is 8.37. The van der Waals surface area contributed by atoms with Crippen molar-refractivity contribution >= 4 is 51.6 Å². The maximum absolute atomic E-state index is 12.1. The Bertz CT molecular complexity index is 896. The highest BCUT2D eigenvalue weighted by Gasteiger charge is 2.12. The Labute approximate surface area is 194 Å². The molecule has 0 aliphatic carbocycles. The molecule has 0 aliphatic heterocycles. The number of sulfonamides is 1. The largest absolute Gasteiger partial charge is 0.497 e. The molecule has 10 heteroatoms. The maximum Gasteiger partial charge on any atom is 0.240 e. The van der Waals surface area contributed by atoms with Crippen molar-refractivity contribution in [3.63, 3.8) is 0 Å². The predicted octanol–water partition coefficient (Wildman–Crippen LogP) is 2.65. The Kier molecular flexibility index (Phi) is 11.3. The Morgan fingerprint density at radius 1 is 1.07 bits per heavy atom. The summed E-state index contributed by atoms with van der Waals surface area (Å²) in [6.45, 7) is 1.26. The van der Waals surface area contributed by atoms with Gasteiger partial charge in [0.05, 0.1) is 12.0 Å². The Morgan fingerprint density at radius 3 is 2.38 bits per heavy atom. The quantitative estimate of drug-likeness (QED) is 0.193. The number of hydrogen-bond donors (Lipinski definition) is 3. The normalized spacial score (nSPS) is 11.5. The number of benzene rings is 2. The van der Waals surface area contributed by atoms with Gasteiger partial charge in [0.2, 0.25) is 10.0 Å². The molecule has 160 valence electrons. The minimum absolute atomic E-state index is 0. The van der Waals surface area contributed by atoms with E-state index in [1.807, 2.05) is 12.1 Å². The van der Waals surface area contributed by atoms with Gasteiger partial charge in [0, 0.05) is 31.7 Å². The first kappa shape index (κ1) is 25.5. The molecular weight excluding hydrogens is 527 g/mol. The summed E-state index contributed by atoms with van der Waals surface area (Å²) in [6, 6.07) is 13.8. The van der Waals surface area contributed by atoms with Crippen LogP contribution in [0.3, 0.4) is 0 Å². The number of halogens is 2. The van der Waals surface area contributed by atoms with Gasteiger partial charge in [-0.3, -0.25) is 4.99 Å². The third-order valence-corrected chi connectivity index (χ3v) is 5.76. The van der Waals surface area contributed by atoms with Crippen LogP contribution in [-0.2, 0) is 16.4 Å². The predicted molar refractivity (Wildman–Crippen MR) is 128 cm³/mol. The fourth-order valence-electron chi connectivity index (χ4n) is 2.44. The summed E-state index contributed by atoms with van der Waals surface area (Å²) in [5, 5.41) is 6.90. The molecular formula is C19H26ClIN4O3S. The molecule has 0 bridgehead atoms. The summed E-state index contributed by atoms with van der Waals surface area (Å²) in [5.41, 5.74) is 1.00. The zero-order valence-electron chi connectivity index (χ0n) is 16.3. The number of ether oxygens (including phenoxy) is 1. The molecule has 3 N–H and O–H groups in total. The first-order chi connectivity index (χ1) is 13.5. The van der Waals surface area contributed by atoms with Crippen molar-refractivity contribution in [2.75, 3.05) is 33.8 Å². The van der Waals surface area contributed by atoms with E-state index in [-0.39, 0.29) is 35.4 Å². The topological polar surface area (TPSA) is 91.8 Å². The third-order valence-electron chi connectivity index (χ3n) is 3.93. The summed E-state index contributed by atoms with van der Waals surface area (Å²) in [5.74, 6) is 1.31. The lowest BCUT2D eigenvalue weighted by Crippen LogP contribution is -2.42. The molecule has 0 amide bonds. The lowest BCUT2D eigenvalue weighted by molar-refractivity contribution is 0.414. The number of nitrogens with one attached hydrogen (secondary N) is 3. The average Bonchev–Trinajstić information content (AvgIpc) is 2.71. The lowest BCUT2D eigenvalue weighted by Gasteiger charge is -2.13. The molecule has 0 aromatic heterocycles. The van der Waals surface area contributed by atoms with Crippen LogP contribution in [0.2, 0.25) is 5.02 Å². The Morgan fingerprint density at radius 2 is 1.76 bits per heavy atom. The van der Waals surface area contributed by atoms with Crippen LogP contribution in [0, 0.1) is 0 Å². The van der Waals surface area contributed by atoms with Crippen molar-refractivity contribution < 1.29 is 13.2 Å². The molecule has 0 unspecified atom stereocenters. The van der Waals surface area contributed by atoms with Gasteiger partial charge >= 0.3 is 0 Å². The van der Waals surface area contributed by atoms with Gasteiger partial charge in [0.15, 0.2) is 5.96 Å². The number of methoxy groups -OCH3 is 1. The van der Waals surface area contributed by atoms with Gasteiger partial charge in [-0.15, -0.1) is 24.0 Å². The monoisotopic (exact) mass is 552 g/mol. The lowest BCUT2D eigenvalue weighted by atomic mass is 10.1. The van der Waals surface area contributed by atoms with E-state index in [2.05, 4.69) is 20.3 Å². The standard InChI is InChI=1S/C19H25ClN4O3S.HI/c1-21-19(22-11-10-15-8-9-16(27-2)14-18(15)20)23-12-13-24-28(25,26)17-6-4-3-5-7-17;/h3-9,14,24H,10-13H2,1-2H3,(H2,21,22,23);1H. The van der Waals surface area contributed by atoms with Gasteiger partial charge in [-0.05, 0) is 36.2 Å². The second kappa shape index (κ2) is 12.9. The number of rotatable bonds is 9. The van der Waals surface area contributed by atoms with E-state index in [1.165, 1.54) is 0 Å². The second-order valence-corrected chi connectivity index (χ2v) is 8.02. The summed E-state index contributed by atoms with van der Waals surface area (Å²) in [4.78, 5) is 4.37. The Balaban J connectivity index is 0.00000420. The van der Waals surface area contributed by atoms with E-state index < -0.39 is 10.0 Å². The summed E-state index contributed by atoms with van der Waals surface area (Å²) < 4.78 is 32.0. The van der Waals surface area contributed by atoms with Crippen LogP contribution in [0.4, 0.5) is 0 Å². The molecule has 0 saturated heterocycles. The fraction of sp³-hybridized carbons (Fsp3) is 0.316. The van der Waals surface area contributed by atoms with E-state index in [9.17, 15) is 8.42 Å². The molecule has 0 radical (unpaired) electrons. The molecule has 29 heavy (non-hydrogen) atoms. The molecule has 0 fully saturated rings. The van der Waals surface area contributed by atoms with Crippen molar-refractivity contribution in [1.29, 1.82) is 0 Å². The van der Waals surface area contributed by atoms with Crippen LogP contribution in [0.5, 0.6) is 5.75 Å². The average molecular weight is 553 g/mol. The highest BCUT2D eigenvalue weighted by Crippen LogP contribution is 2.22. The molecule has 2 rings (SSSR count). The zero-order chi connectivity index (χ0) is 20.4. The zero-order valence-corrected chi connectivity index (χ0v) is 20.2. The van der Waals surface area contributed by atoms with Crippen LogP contribution in [0.25, 0.3) is 0 Å². The summed E-state index contributed by atoms with van der Waals surface area (Å²) in [6.07, 6.45) is 0.712. The number of hydrogen-bond acceptors (Lipinski definition) is 4. The van der Waals surface area contributed by atoms with E-state index in [0.717, 1.165) is 11.3 Å². The smallest absolute Gasteiger partial charge is 0.240 e. The molecule has 0 saturated carbocycles.